The summed E-state index contributed by atoms with van der Waals surface area (Å²) in [6.45, 7) is 1.90. The Morgan fingerprint density at radius 1 is 1.26 bits per heavy atom. The summed E-state index contributed by atoms with van der Waals surface area (Å²) in [6.07, 6.45) is 4.38. The Balaban J connectivity index is 2.08. The molecule has 1 saturated carbocycles. The first kappa shape index (κ1) is 14.1. The van der Waals surface area contributed by atoms with Crippen LogP contribution >= 0.6 is 11.3 Å². The molecule has 2 N–H and O–H groups in total. The van der Waals surface area contributed by atoms with Gasteiger partial charge in [0.2, 0.25) is 0 Å². The van der Waals surface area contributed by atoms with Crippen LogP contribution in [0, 0.1) is 12.8 Å². The van der Waals surface area contributed by atoms with Gasteiger partial charge >= 0.3 is 5.97 Å². The van der Waals surface area contributed by atoms with E-state index in [4.69, 9.17) is 0 Å². The molecule has 2 atom stereocenters. The molecule has 1 aliphatic rings. The highest BCUT2D eigenvalue weighted by molar-refractivity contribution is 7.08. The lowest BCUT2D eigenvalue weighted by Crippen LogP contribution is -2.42. The molecule has 2 unspecified atom stereocenters. The Morgan fingerprint density at radius 3 is 2.63 bits per heavy atom. The summed E-state index contributed by atoms with van der Waals surface area (Å²) in [6, 6.07) is -0.244. The molecule has 1 amide bonds. The standard InChI is InChI=1S/C14H19NO3S/c1-9-7-19-8-11(9)13(16)15-12-6-4-2-3-5-10(12)14(17)18/h7-8,10,12H,2-6H2,1H3,(H,15,16)(H,17,18). The quantitative estimate of drug-likeness (QED) is 0.837. The summed E-state index contributed by atoms with van der Waals surface area (Å²) >= 11 is 1.49. The third-order valence-electron chi connectivity index (χ3n) is 3.75. The van der Waals surface area contributed by atoms with E-state index in [1.165, 1.54) is 11.3 Å². The maximum atomic E-state index is 12.2. The summed E-state index contributed by atoms with van der Waals surface area (Å²) in [5.74, 6) is -1.39. The predicted molar refractivity (Wildman–Crippen MR) is 74.5 cm³/mol. The highest BCUT2D eigenvalue weighted by Crippen LogP contribution is 2.24. The average molecular weight is 281 g/mol. The van der Waals surface area contributed by atoms with Gasteiger partial charge in [0.05, 0.1) is 11.5 Å². The van der Waals surface area contributed by atoms with Crippen LogP contribution in [0.2, 0.25) is 0 Å². The van der Waals surface area contributed by atoms with Crippen LogP contribution < -0.4 is 5.32 Å². The lowest BCUT2D eigenvalue weighted by Gasteiger charge is -2.22. The van der Waals surface area contributed by atoms with Crippen molar-refractivity contribution in [3.8, 4) is 0 Å². The van der Waals surface area contributed by atoms with Crippen molar-refractivity contribution in [1.29, 1.82) is 0 Å². The Labute approximate surface area is 116 Å². The molecule has 104 valence electrons. The normalized spacial score (nSPS) is 23.6. The first-order chi connectivity index (χ1) is 9.09. The van der Waals surface area contributed by atoms with Crippen molar-refractivity contribution in [3.05, 3.63) is 21.9 Å². The second-order valence-corrected chi connectivity index (χ2v) is 5.87. The molecular formula is C14H19NO3S. The van der Waals surface area contributed by atoms with E-state index < -0.39 is 11.9 Å². The van der Waals surface area contributed by atoms with Crippen LogP contribution in [0.4, 0.5) is 0 Å². The van der Waals surface area contributed by atoms with Crippen molar-refractivity contribution >= 4 is 23.2 Å². The Bertz CT molecular complexity index is 469. The Hall–Kier alpha value is -1.36. The van der Waals surface area contributed by atoms with E-state index in [1.807, 2.05) is 17.7 Å². The molecule has 0 aliphatic heterocycles. The highest BCUT2D eigenvalue weighted by atomic mass is 32.1. The van der Waals surface area contributed by atoms with Gasteiger partial charge in [0, 0.05) is 11.4 Å². The van der Waals surface area contributed by atoms with Gasteiger partial charge in [-0.3, -0.25) is 9.59 Å². The predicted octanol–water partition coefficient (Wildman–Crippen LogP) is 2.82. The molecule has 1 aliphatic carbocycles. The topological polar surface area (TPSA) is 66.4 Å². The van der Waals surface area contributed by atoms with Crippen molar-refractivity contribution in [2.75, 3.05) is 0 Å². The third-order valence-corrected chi connectivity index (χ3v) is 4.61. The number of carbonyl (C=O) groups is 2. The lowest BCUT2D eigenvalue weighted by molar-refractivity contribution is -0.142. The minimum Gasteiger partial charge on any atom is -0.481 e. The first-order valence-corrected chi connectivity index (χ1v) is 7.60. The van der Waals surface area contributed by atoms with Crippen LogP contribution in [0.3, 0.4) is 0 Å². The van der Waals surface area contributed by atoms with Crippen molar-refractivity contribution in [3.63, 3.8) is 0 Å². The molecule has 1 heterocycles. The van der Waals surface area contributed by atoms with Gasteiger partial charge in [0.1, 0.15) is 0 Å². The monoisotopic (exact) mass is 281 g/mol. The number of aryl methyl sites for hydroxylation is 1. The number of nitrogens with one attached hydrogen (secondary N) is 1. The first-order valence-electron chi connectivity index (χ1n) is 6.66. The highest BCUT2D eigenvalue weighted by Gasteiger charge is 2.31. The molecule has 2 rings (SSSR count). The molecule has 0 aromatic carbocycles. The summed E-state index contributed by atoms with van der Waals surface area (Å²) in [4.78, 5) is 23.5. The Morgan fingerprint density at radius 2 is 2.00 bits per heavy atom. The van der Waals surface area contributed by atoms with Gasteiger partial charge in [-0.15, -0.1) is 0 Å². The molecule has 1 aromatic heterocycles. The number of amides is 1. The molecule has 1 fully saturated rings. The maximum absolute atomic E-state index is 12.2. The summed E-state index contributed by atoms with van der Waals surface area (Å²) in [7, 11) is 0. The molecule has 4 nitrogen and oxygen atoms in total. The summed E-state index contributed by atoms with van der Waals surface area (Å²) < 4.78 is 0. The number of thiophene rings is 1. The minimum absolute atomic E-state index is 0.142. The summed E-state index contributed by atoms with van der Waals surface area (Å²) in [5.41, 5.74) is 1.61. The maximum Gasteiger partial charge on any atom is 0.308 e. The molecular weight excluding hydrogens is 262 g/mol. The van der Waals surface area contributed by atoms with Gasteiger partial charge in [-0.1, -0.05) is 19.3 Å². The second-order valence-electron chi connectivity index (χ2n) is 5.13. The van der Waals surface area contributed by atoms with Crippen LogP contribution in [-0.2, 0) is 4.79 Å². The number of carboxylic acids is 1. The summed E-state index contributed by atoms with van der Waals surface area (Å²) in [5, 5.41) is 15.9. The van der Waals surface area contributed by atoms with Gasteiger partial charge in [-0.25, -0.2) is 0 Å². The zero-order chi connectivity index (χ0) is 13.8. The molecule has 0 bridgehead atoms. The van der Waals surface area contributed by atoms with Crippen LogP contribution in [-0.4, -0.2) is 23.0 Å². The minimum atomic E-state index is -0.797. The molecule has 1 aromatic rings. The van der Waals surface area contributed by atoms with E-state index in [2.05, 4.69) is 5.32 Å². The van der Waals surface area contributed by atoms with E-state index in [0.29, 0.717) is 12.0 Å². The number of rotatable bonds is 3. The van der Waals surface area contributed by atoms with Crippen LogP contribution in [0.25, 0.3) is 0 Å². The van der Waals surface area contributed by atoms with Crippen LogP contribution in [0.5, 0.6) is 0 Å². The van der Waals surface area contributed by atoms with E-state index >= 15 is 0 Å². The van der Waals surface area contributed by atoms with Gasteiger partial charge in [-0.2, -0.15) is 11.3 Å². The smallest absolute Gasteiger partial charge is 0.308 e. The lowest BCUT2D eigenvalue weighted by atomic mass is 9.94. The fourth-order valence-corrected chi connectivity index (χ4v) is 3.44. The fraction of sp³-hybridized carbons (Fsp3) is 0.571. The zero-order valence-corrected chi connectivity index (χ0v) is 11.8. The van der Waals surface area contributed by atoms with Gasteiger partial charge in [0.15, 0.2) is 0 Å². The van der Waals surface area contributed by atoms with Crippen molar-refractivity contribution < 1.29 is 14.7 Å². The molecule has 0 spiro atoms. The van der Waals surface area contributed by atoms with E-state index in [0.717, 1.165) is 31.2 Å². The number of aliphatic carboxylic acids is 1. The van der Waals surface area contributed by atoms with Crippen LogP contribution in [0.1, 0.15) is 48.0 Å². The zero-order valence-electron chi connectivity index (χ0n) is 11.0. The number of carbonyl (C=O) groups excluding carboxylic acids is 1. The fourth-order valence-electron chi connectivity index (χ4n) is 2.62. The SMILES string of the molecule is Cc1cscc1C(=O)NC1CCCCCC1C(=O)O. The third kappa shape index (κ3) is 3.35. The number of hydrogen-bond acceptors (Lipinski definition) is 3. The molecule has 0 saturated heterocycles. The largest absolute Gasteiger partial charge is 0.481 e. The molecule has 5 heteroatoms. The van der Waals surface area contributed by atoms with E-state index in [9.17, 15) is 14.7 Å². The second kappa shape index (κ2) is 6.19. The van der Waals surface area contributed by atoms with Gasteiger partial charge < -0.3 is 10.4 Å². The average Bonchev–Trinajstić information content (AvgIpc) is 2.65. The van der Waals surface area contributed by atoms with E-state index in [1.54, 1.807) is 0 Å². The van der Waals surface area contributed by atoms with Crippen molar-refractivity contribution in [1.82, 2.24) is 5.32 Å². The molecule has 0 radical (unpaired) electrons. The Kier molecular flexibility index (Phi) is 4.58. The van der Waals surface area contributed by atoms with E-state index in [-0.39, 0.29) is 11.9 Å². The van der Waals surface area contributed by atoms with Gasteiger partial charge in [0.25, 0.3) is 5.91 Å². The van der Waals surface area contributed by atoms with Crippen molar-refractivity contribution in [2.45, 2.75) is 45.1 Å². The van der Waals surface area contributed by atoms with Crippen LogP contribution in [0.15, 0.2) is 10.8 Å². The molecule has 19 heavy (non-hydrogen) atoms. The van der Waals surface area contributed by atoms with Gasteiger partial charge in [-0.05, 0) is 30.7 Å². The number of carboxylic acid groups (broad SMARTS) is 1. The van der Waals surface area contributed by atoms with Crippen molar-refractivity contribution in [2.24, 2.45) is 5.92 Å². The number of hydrogen-bond donors (Lipinski definition) is 2.